The molecule has 1 heterocycles. The van der Waals surface area contributed by atoms with Gasteiger partial charge in [-0.25, -0.2) is 4.79 Å². The van der Waals surface area contributed by atoms with Gasteiger partial charge in [0.2, 0.25) is 5.69 Å². The predicted octanol–water partition coefficient (Wildman–Crippen LogP) is 1.20. The minimum absolute atomic E-state index is 0.0309. The van der Waals surface area contributed by atoms with Crippen LogP contribution in [0.4, 0.5) is 5.82 Å². The summed E-state index contributed by atoms with van der Waals surface area (Å²) in [6, 6.07) is 7.68. The number of benzene rings is 1. The highest BCUT2D eigenvalue weighted by Gasteiger charge is 2.19. The lowest BCUT2D eigenvalue weighted by atomic mass is 10.1. The summed E-state index contributed by atoms with van der Waals surface area (Å²) in [4.78, 5) is 11.4. The van der Waals surface area contributed by atoms with Crippen LogP contribution in [-0.4, -0.2) is 28.1 Å². The van der Waals surface area contributed by atoms with Crippen molar-refractivity contribution in [2.45, 2.75) is 13.3 Å². The van der Waals surface area contributed by atoms with E-state index in [2.05, 4.69) is 15.0 Å². The topological polar surface area (TPSA) is 83.0 Å². The van der Waals surface area contributed by atoms with Gasteiger partial charge in [-0.3, -0.25) is 0 Å². The first-order valence-electron chi connectivity index (χ1n) is 5.56. The number of hydrogen-bond acceptors (Lipinski definition) is 5. The number of anilines is 1. The van der Waals surface area contributed by atoms with Crippen molar-refractivity contribution in [2.24, 2.45) is 0 Å². The second kappa shape index (κ2) is 4.87. The summed E-state index contributed by atoms with van der Waals surface area (Å²) in [5, 5.41) is 7.66. The molecule has 2 aromatic rings. The Labute approximate surface area is 104 Å². The van der Waals surface area contributed by atoms with Crippen LogP contribution >= 0.6 is 0 Å². The van der Waals surface area contributed by atoms with Crippen LogP contribution in [0, 0.1) is 0 Å². The molecular weight excluding hydrogens is 232 g/mol. The first-order valence-corrected chi connectivity index (χ1v) is 5.56. The van der Waals surface area contributed by atoms with Gasteiger partial charge in [0, 0.05) is 0 Å². The summed E-state index contributed by atoms with van der Waals surface area (Å²) in [6.45, 7) is 2.03. The zero-order valence-corrected chi connectivity index (χ0v) is 10.3. The van der Waals surface area contributed by atoms with E-state index >= 15 is 0 Å². The highest BCUT2D eigenvalue weighted by atomic mass is 16.5. The van der Waals surface area contributed by atoms with Gasteiger partial charge in [-0.1, -0.05) is 30.3 Å². The Hall–Kier alpha value is -2.37. The zero-order valence-electron chi connectivity index (χ0n) is 10.3. The lowest BCUT2D eigenvalue weighted by molar-refractivity contribution is 0.0595. The number of hydrogen-bond donors (Lipinski definition) is 1. The maximum absolute atomic E-state index is 11.4. The number of ether oxygens (including phenoxy) is 1. The molecule has 0 aliphatic carbocycles. The second-order valence-corrected chi connectivity index (χ2v) is 3.71. The highest BCUT2D eigenvalue weighted by Crippen LogP contribution is 2.19. The van der Waals surface area contributed by atoms with Crippen molar-refractivity contribution in [2.75, 3.05) is 12.8 Å². The maximum Gasteiger partial charge on any atom is 0.362 e. The molecule has 94 valence electrons. The number of nitrogen functional groups attached to an aromatic ring is 1. The SMILES string of the molecule is CCc1ccccc1-n1nnc(C(=O)OC)c1N. The average Bonchev–Trinajstić information content (AvgIpc) is 2.79. The molecule has 0 saturated heterocycles. The number of rotatable bonds is 3. The third kappa shape index (κ3) is 1.92. The number of nitrogens with zero attached hydrogens (tertiary/aromatic N) is 3. The molecule has 1 aromatic carbocycles. The molecule has 0 atom stereocenters. The molecule has 0 amide bonds. The van der Waals surface area contributed by atoms with E-state index in [1.54, 1.807) is 0 Å². The Morgan fingerprint density at radius 3 is 2.83 bits per heavy atom. The normalized spacial score (nSPS) is 10.3. The van der Waals surface area contributed by atoms with Crippen molar-refractivity contribution in [3.05, 3.63) is 35.5 Å². The van der Waals surface area contributed by atoms with Crippen molar-refractivity contribution < 1.29 is 9.53 Å². The van der Waals surface area contributed by atoms with Gasteiger partial charge in [0.1, 0.15) is 0 Å². The van der Waals surface area contributed by atoms with E-state index in [4.69, 9.17) is 5.73 Å². The van der Waals surface area contributed by atoms with Crippen molar-refractivity contribution in [3.8, 4) is 5.69 Å². The number of para-hydroxylation sites is 1. The zero-order chi connectivity index (χ0) is 13.1. The standard InChI is InChI=1S/C12H14N4O2/c1-3-8-6-4-5-7-9(8)16-11(13)10(14-15-16)12(17)18-2/h4-7H,3,13H2,1-2H3. The Morgan fingerprint density at radius 1 is 1.44 bits per heavy atom. The molecule has 6 heteroatoms. The number of aryl methyl sites for hydroxylation is 1. The fraction of sp³-hybridized carbons (Fsp3) is 0.250. The lowest BCUT2D eigenvalue weighted by Gasteiger charge is -2.08. The van der Waals surface area contributed by atoms with E-state index in [9.17, 15) is 4.79 Å². The van der Waals surface area contributed by atoms with E-state index in [0.717, 1.165) is 17.7 Å². The van der Waals surface area contributed by atoms with Gasteiger partial charge in [0.05, 0.1) is 12.8 Å². The number of esters is 1. The first kappa shape index (κ1) is 12.1. The Morgan fingerprint density at radius 2 is 2.17 bits per heavy atom. The van der Waals surface area contributed by atoms with Gasteiger partial charge in [0.25, 0.3) is 0 Å². The summed E-state index contributed by atoms with van der Waals surface area (Å²) in [7, 11) is 1.28. The molecule has 18 heavy (non-hydrogen) atoms. The first-order chi connectivity index (χ1) is 8.69. The number of aromatic nitrogens is 3. The Balaban J connectivity index is 2.52. The van der Waals surface area contributed by atoms with Crippen molar-refractivity contribution >= 4 is 11.8 Å². The summed E-state index contributed by atoms with van der Waals surface area (Å²) in [5.74, 6) is -0.407. The number of nitrogens with two attached hydrogens (primary N) is 1. The van der Waals surface area contributed by atoms with E-state index in [1.807, 2.05) is 31.2 Å². The van der Waals surface area contributed by atoms with Crippen molar-refractivity contribution in [3.63, 3.8) is 0 Å². The van der Waals surface area contributed by atoms with Crippen LogP contribution in [-0.2, 0) is 11.2 Å². The third-order valence-electron chi connectivity index (χ3n) is 2.68. The van der Waals surface area contributed by atoms with Crippen molar-refractivity contribution in [1.82, 2.24) is 15.0 Å². The van der Waals surface area contributed by atoms with Crippen LogP contribution in [0.2, 0.25) is 0 Å². The van der Waals surface area contributed by atoms with Gasteiger partial charge in [-0.2, -0.15) is 4.68 Å². The Bertz CT molecular complexity index is 577. The van der Waals surface area contributed by atoms with Crippen LogP contribution < -0.4 is 5.73 Å². The van der Waals surface area contributed by atoms with Crippen LogP contribution in [0.5, 0.6) is 0 Å². The summed E-state index contributed by atoms with van der Waals surface area (Å²) >= 11 is 0. The van der Waals surface area contributed by atoms with Gasteiger partial charge in [-0.05, 0) is 18.1 Å². The van der Waals surface area contributed by atoms with Crippen LogP contribution in [0.15, 0.2) is 24.3 Å². The number of carbonyl (C=O) groups excluding carboxylic acids is 1. The molecule has 0 bridgehead atoms. The van der Waals surface area contributed by atoms with Gasteiger partial charge < -0.3 is 10.5 Å². The molecule has 0 unspecified atom stereocenters. The summed E-state index contributed by atoms with van der Waals surface area (Å²) in [5.41, 5.74) is 7.80. The second-order valence-electron chi connectivity index (χ2n) is 3.71. The molecule has 0 spiro atoms. The molecule has 0 fully saturated rings. The van der Waals surface area contributed by atoms with E-state index in [1.165, 1.54) is 11.8 Å². The molecule has 0 aliphatic rings. The molecule has 0 aliphatic heterocycles. The van der Waals surface area contributed by atoms with Crippen LogP contribution in [0.3, 0.4) is 0 Å². The molecule has 1 aromatic heterocycles. The lowest BCUT2D eigenvalue weighted by Crippen LogP contribution is -2.08. The third-order valence-corrected chi connectivity index (χ3v) is 2.68. The minimum Gasteiger partial charge on any atom is -0.464 e. The van der Waals surface area contributed by atoms with E-state index in [0.29, 0.717) is 0 Å². The molecule has 2 rings (SSSR count). The molecule has 6 nitrogen and oxygen atoms in total. The van der Waals surface area contributed by atoms with Gasteiger partial charge >= 0.3 is 5.97 Å². The monoisotopic (exact) mass is 246 g/mol. The van der Waals surface area contributed by atoms with Gasteiger partial charge in [-0.15, -0.1) is 5.10 Å². The molecular formula is C12H14N4O2. The van der Waals surface area contributed by atoms with Gasteiger partial charge in [0.15, 0.2) is 5.82 Å². The maximum atomic E-state index is 11.4. The number of carbonyl (C=O) groups is 1. The average molecular weight is 246 g/mol. The summed E-state index contributed by atoms with van der Waals surface area (Å²) < 4.78 is 6.04. The van der Waals surface area contributed by atoms with Crippen molar-refractivity contribution in [1.29, 1.82) is 0 Å². The smallest absolute Gasteiger partial charge is 0.362 e. The highest BCUT2D eigenvalue weighted by molar-refractivity contribution is 5.92. The quantitative estimate of drug-likeness (QED) is 0.823. The fourth-order valence-electron chi connectivity index (χ4n) is 1.73. The fourth-order valence-corrected chi connectivity index (χ4v) is 1.73. The van der Waals surface area contributed by atoms with Crippen LogP contribution in [0.1, 0.15) is 23.0 Å². The van der Waals surface area contributed by atoms with Crippen LogP contribution in [0.25, 0.3) is 5.69 Å². The number of methoxy groups -OCH3 is 1. The molecule has 2 N–H and O–H groups in total. The Kier molecular flexibility index (Phi) is 3.27. The molecule has 0 radical (unpaired) electrons. The predicted molar refractivity (Wildman–Crippen MR) is 66.5 cm³/mol. The largest absolute Gasteiger partial charge is 0.464 e. The summed E-state index contributed by atoms with van der Waals surface area (Å²) in [6.07, 6.45) is 0.836. The van der Waals surface area contributed by atoms with E-state index in [-0.39, 0.29) is 11.5 Å². The minimum atomic E-state index is -0.590. The van der Waals surface area contributed by atoms with E-state index < -0.39 is 5.97 Å². The molecule has 0 saturated carbocycles.